The Morgan fingerprint density at radius 1 is 1.06 bits per heavy atom. The zero-order chi connectivity index (χ0) is 22.4. The summed E-state index contributed by atoms with van der Waals surface area (Å²) in [6.07, 6.45) is 0. The lowest BCUT2D eigenvalue weighted by molar-refractivity contribution is 0.194. The molecule has 3 rings (SSSR count). The summed E-state index contributed by atoms with van der Waals surface area (Å²) in [6, 6.07) is 13.2. The SMILES string of the molecule is CCN(CC)CCN(Cc1cc2cccc(C)c2[nH]c1=O)C(=O)Nc1ccccc1F. The Labute approximate surface area is 181 Å². The molecule has 0 aliphatic carbocycles. The Kier molecular flexibility index (Phi) is 7.41. The van der Waals surface area contributed by atoms with Gasteiger partial charge in [-0.15, -0.1) is 0 Å². The molecule has 1 aromatic heterocycles. The van der Waals surface area contributed by atoms with Gasteiger partial charge in [0.2, 0.25) is 0 Å². The molecule has 2 amide bonds. The van der Waals surface area contributed by atoms with Crippen molar-refractivity contribution in [3.05, 3.63) is 75.8 Å². The number of aromatic amines is 1. The number of hydrogen-bond donors (Lipinski definition) is 2. The molecule has 0 saturated heterocycles. The van der Waals surface area contributed by atoms with Crippen molar-refractivity contribution in [1.29, 1.82) is 0 Å². The van der Waals surface area contributed by atoms with Crippen LogP contribution in [0, 0.1) is 12.7 Å². The van der Waals surface area contributed by atoms with Crippen LogP contribution in [0.5, 0.6) is 0 Å². The van der Waals surface area contributed by atoms with Gasteiger partial charge in [-0.05, 0) is 49.2 Å². The van der Waals surface area contributed by atoms with E-state index in [0.717, 1.165) is 29.6 Å². The second-order valence-corrected chi connectivity index (χ2v) is 7.52. The lowest BCUT2D eigenvalue weighted by Crippen LogP contribution is -2.41. The van der Waals surface area contributed by atoms with Crippen LogP contribution in [0.15, 0.2) is 53.3 Å². The number of likely N-dealkylation sites (N-methyl/N-ethyl adjacent to an activating group) is 1. The average Bonchev–Trinajstić information content (AvgIpc) is 2.76. The van der Waals surface area contributed by atoms with E-state index in [-0.39, 0.29) is 17.8 Å². The van der Waals surface area contributed by atoms with Crippen LogP contribution in [0.25, 0.3) is 10.9 Å². The summed E-state index contributed by atoms with van der Waals surface area (Å²) in [7, 11) is 0. The van der Waals surface area contributed by atoms with Gasteiger partial charge in [0.05, 0.1) is 17.7 Å². The number of anilines is 1. The van der Waals surface area contributed by atoms with Gasteiger partial charge in [-0.3, -0.25) is 4.79 Å². The number of benzene rings is 2. The highest BCUT2D eigenvalue weighted by Gasteiger charge is 2.18. The molecular formula is C24H29FN4O2. The van der Waals surface area contributed by atoms with E-state index in [0.29, 0.717) is 18.7 Å². The monoisotopic (exact) mass is 424 g/mol. The number of nitrogens with zero attached hydrogens (tertiary/aromatic N) is 2. The number of para-hydroxylation sites is 2. The molecule has 6 nitrogen and oxygen atoms in total. The number of urea groups is 1. The van der Waals surface area contributed by atoms with E-state index in [1.54, 1.807) is 17.0 Å². The Balaban J connectivity index is 1.88. The fraction of sp³-hybridized carbons (Fsp3) is 0.333. The lowest BCUT2D eigenvalue weighted by Gasteiger charge is -2.27. The number of aromatic nitrogens is 1. The summed E-state index contributed by atoms with van der Waals surface area (Å²) >= 11 is 0. The molecule has 0 unspecified atom stereocenters. The van der Waals surface area contributed by atoms with Crippen molar-refractivity contribution in [2.75, 3.05) is 31.5 Å². The van der Waals surface area contributed by atoms with E-state index < -0.39 is 11.8 Å². The number of carbonyl (C=O) groups is 1. The van der Waals surface area contributed by atoms with E-state index in [9.17, 15) is 14.0 Å². The summed E-state index contributed by atoms with van der Waals surface area (Å²) in [5, 5.41) is 3.55. The first-order chi connectivity index (χ1) is 14.9. The molecule has 2 aromatic carbocycles. The maximum Gasteiger partial charge on any atom is 0.322 e. The average molecular weight is 425 g/mol. The van der Waals surface area contributed by atoms with Crippen LogP contribution in [0.3, 0.4) is 0 Å². The molecular weight excluding hydrogens is 395 g/mol. The van der Waals surface area contributed by atoms with Crippen molar-refractivity contribution in [2.45, 2.75) is 27.3 Å². The first-order valence-corrected chi connectivity index (χ1v) is 10.6. The Morgan fingerprint density at radius 3 is 2.52 bits per heavy atom. The second-order valence-electron chi connectivity index (χ2n) is 7.52. The third kappa shape index (κ3) is 5.49. The highest BCUT2D eigenvalue weighted by molar-refractivity contribution is 5.89. The van der Waals surface area contributed by atoms with E-state index in [1.807, 2.05) is 31.2 Å². The van der Waals surface area contributed by atoms with Crippen molar-refractivity contribution < 1.29 is 9.18 Å². The molecule has 0 bridgehead atoms. The van der Waals surface area contributed by atoms with Gasteiger partial charge in [0.25, 0.3) is 5.56 Å². The van der Waals surface area contributed by atoms with Crippen LogP contribution in [-0.2, 0) is 6.54 Å². The van der Waals surface area contributed by atoms with Gasteiger partial charge in [-0.2, -0.15) is 0 Å². The van der Waals surface area contributed by atoms with Gasteiger partial charge >= 0.3 is 6.03 Å². The normalized spacial score (nSPS) is 11.1. The number of H-pyrrole nitrogens is 1. The van der Waals surface area contributed by atoms with Crippen LogP contribution >= 0.6 is 0 Å². The Bertz CT molecular complexity index is 1110. The van der Waals surface area contributed by atoms with Crippen LogP contribution in [0.2, 0.25) is 0 Å². The number of amides is 2. The number of fused-ring (bicyclic) bond motifs is 1. The van der Waals surface area contributed by atoms with Crippen molar-refractivity contribution >= 4 is 22.6 Å². The molecule has 1 heterocycles. The lowest BCUT2D eigenvalue weighted by atomic mass is 10.1. The molecule has 0 spiro atoms. The first-order valence-electron chi connectivity index (χ1n) is 10.6. The topological polar surface area (TPSA) is 68.4 Å². The van der Waals surface area contributed by atoms with Crippen LogP contribution < -0.4 is 10.9 Å². The van der Waals surface area contributed by atoms with Crippen LogP contribution in [0.4, 0.5) is 14.9 Å². The van der Waals surface area contributed by atoms with Gasteiger partial charge < -0.3 is 20.1 Å². The highest BCUT2D eigenvalue weighted by atomic mass is 19.1. The molecule has 0 atom stereocenters. The standard InChI is InChI=1S/C24H29FN4O2/c1-4-28(5-2)13-14-29(24(31)26-21-12-7-6-11-20(21)25)16-19-15-18-10-8-9-17(3)22(18)27-23(19)30/h6-12,15H,4-5,13-14,16H2,1-3H3,(H,26,31)(H,27,30). The molecule has 0 saturated carbocycles. The van der Waals surface area contributed by atoms with Crippen molar-refractivity contribution in [1.82, 2.24) is 14.8 Å². The Hall–Kier alpha value is -3.19. The maximum absolute atomic E-state index is 14.0. The molecule has 0 fully saturated rings. The summed E-state index contributed by atoms with van der Waals surface area (Å²) in [5.41, 5.74) is 2.15. The minimum absolute atomic E-state index is 0.114. The van der Waals surface area contributed by atoms with E-state index >= 15 is 0 Å². The molecule has 0 aliphatic heterocycles. The zero-order valence-electron chi connectivity index (χ0n) is 18.2. The van der Waals surface area contributed by atoms with Gasteiger partial charge in [0.15, 0.2) is 0 Å². The molecule has 7 heteroatoms. The van der Waals surface area contributed by atoms with Crippen LogP contribution in [0.1, 0.15) is 25.0 Å². The number of rotatable bonds is 8. The van der Waals surface area contributed by atoms with Crippen LogP contribution in [-0.4, -0.2) is 47.0 Å². The highest BCUT2D eigenvalue weighted by Crippen LogP contribution is 2.17. The summed E-state index contributed by atoms with van der Waals surface area (Å²) in [4.78, 5) is 32.4. The minimum Gasteiger partial charge on any atom is -0.321 e. The predicted molar refractivity (Wildman–Crippen MR) is 123 cm³/mol. The zero-order valence-corrected chi connectivity index (χ0v) is 18.2. The summed E-state index contributed by atoms with van der Waals surface area (Å²) in [5.74, 6) is -0.501. The van der Waals surface area contributed by atoms with Crippen molar-refractivity contribution in [3.8, 4) is 0 Å². The number of hydrogen-bond acceptors (Lipinski definition) is 3. The molecule has 31 heavy (non-hydrogen) atoms. The van der Waals surface area contributed by atoms with Crippen molar-refractivity contribution in [3.63, 3.8) is 0 Å². The summed E-state index contributed by atoms with van der Waals surface area (Å²) < 4.78 is 14.0. The van der Waals surface area contributed by atoms with E-state index in [4.69, 9.17) is 0 Å². The quantitative estimate of drug-likeness (QED) is 0.565. The number of pyridine rings is 1. The third-order valence-electron chi connectivity index (χ3n) is 5.51. The van der Waals surface area contributed by atoms with E-state index in [1.165, 1.54) is 12.1 Å². The second kappa shape index (κ2) is 10.2. The third-order valence-corrected chi connectivity index (χ3v) is 5.51. The number of aryl methyl sites for hydroxylation is 1. The number of halogens is 1. The molecule has 0 aliphatic rings. The minimum atomic E-state index is -0.501. The number of nitrogens with one attached hydrogen (secondary N) is 2. The van der Waals surface area contributed by atoms with Crippen molar-refractivity contribution in [2.24, 2.45) is 0 Å². The smallest absolute Gasteiger partial charge is 0.321 e. The predicted octanol–water partition coefficient (Wildman–Crippen LogP) is 4.35. The first kappa shape index (κ1) is 22.5. The van der Waals surface area contributed by atoms with Gasteiger partial charge in [-0.25, -0.2) is 9.18 Å². The van der Waals surface area contributed by atoms with E-state index in [2.05, 4.69) is 29.0 Å². The molecule has 164 valence electrons. The van der Waals surface area contributed by atoms with Gasteiger partial charge in [0, 0.05) is 18.7 Å². The fourth-order valence-corrected chi connectivity index (χ4v) is 3.56. The fourth-order valence-electron chi connectivity index (χ4n) is 3.56. The molecule has 2 N–H and O–H groups in total. The molecule has 3 aromatic rings. The Morgan fingerprint density at radius 2 is 1.81 bits per heavy atom. The number of carbonyl (C=O) groups excluding carboxylic acids is 1. The largest absolute Gasteiger partial charge is 0.322 e. The maximum atomic E-state index is 14.0. The molecule has 0 radical (unpaired) electrons. The summed E-state index contributed by atoms with van der Waals surface area (Å²) in [6.45, 7) is 8.96. The van der Waals surface area contributed by atoms with Gasteiger partial charge in [-0.1, -0.05) is 44.2 Å². The van der Waals surface area contributed by atoms with Gasteiger partial charge in [0.1, 0.15) is 5.82 Å².